The first-order valence-electron chi connectivity index (χ1n) is 6.76. The molecule has 100 valence electrons. The van der Waals surface area contributed by atoms with Gasteiger partial charge in [-0.25, -0.2) is 9.97 Å². The lowest BCUT2D eigenvalue weighted by atomic mass is 10.0. The zero-order valence-electron chi connectivity index (χ0n) is 11.2. The Labute approximate surface area is 126 Å². The Bertz CT molecular complexity index is 880. The molecular weight excluding hydrogens is 276 g/mol. The van der Waals surface area contributed by atoms with E-state index in [2.05, 4.69) is 63.9 Å². The summed E-state index contributed by atoms with van der Waals surface area (Å²) in [7, 11) is 0. The van der Waals surface area contributed by atoms with Crippen LogP contribution in [0.15, 0.2) is 72.4 Å². The van der Waals surface area contributed by atoms with Gasteiger partial charge in [0.2, 0.25) is 0 Å². The van der Waals surface area contributed by atoms with Gasteiger partial charge in [0.05, 0.1) is 15.9 Å². The first-order valence-corrected chi connectivity index (χ1v) is 7.64. The number of nitrogens with zero attached hydrogens (tertiary/aromatic N) is 2. The van der Waals surface area contributed by atoms with Crippen molar-refractivity contribution in [1.29, 1.82) is 0 Å². The highest BCUT2D eigenvalue weighted by Crippen LogP contribution is 2.30. The average Bonchev–Trinajstić information content (AvgIpc) is 3.04. The second-order valence-corrected chi connectivity index (χ2v) is 5.72. The van der Waals surface area contributed by atoms with Crippen molar-refractivity contribution in [3.05, 3.63) is 72.4 Å². The van der Waals surface area contributed by atoms with Crippen LogP contribution in [0.4, 0.5) is 0 Å². The summed E-state index contributed by atoms with van der Waals surface area (Å²) >= 11 is 1.68. The summed E-state index contributed by atoms with van der Waals surface area (Å²) in [5, 5.41) is 2.06. The molecule has 2 nitrogen and oxygen atoms in total. The van der Waals surface area contributed by atoms with Gasteiger partial charge < -0.3 is 0 Å². The van der Waals surface area contributed by atoms with Crippen LogP contribution in [0.25, 0.3) is 32.6 Å². The predicted molar refractivity (Wildman–Crippen MR) is 88.3 cm³/mol. The quantitative estimate of drug-likeness (QED) is 0.517. The SMILES string of the molecule is c1ccc(-c2ccc(-c3ncnc4ccsc34)cc2)cc1. The molecule has 4 aromatic rings. The van der Waals surface area contributed by atoms with Crippen LogP contribution in [0.3, 0.4) is 0 Å². The maximum atomic E-state index is 4.45. The third-order valence-corrected chi connectivity index (χ3v) is 4.42. The van der Waals surface area contributed by atoms with Crippen LogP contribution in [0, 0.1) is 0 Å². The molecule has 0 aliphatic carbocycles. The fourth-order valence-electron chi connectivity index (χ4n) is 2.45. The lowest BCUT2D eigenvalue weighted by molar-refractivity contribution is 1.23. The highest BCUT2D eigenvalue weighted by Gasteiger charge is 2.07. The van der Waals surface area contributed by atoms with Gasteiger partial charge in [0.25, 0.3) is 0 Å². The number of fused-ring (bicyclic) bond motifs is 1. The van der Waals surface area contributed by atoms with E-state index in [1.807, 2.05) is 12.1 Å². The lowest BCUT2D eigenvalue weighted by Crippen LogP contribution is -1.86. The minimum absolute atomic E-state index is 1.01. The molecule has 3 heteroatoms. The van der Waals surface area contributed by atoms with E-state index in [0.29, 0.717) is 0 Å². The fraction of sp³-hybridized carbons (Fsp3) is 0. The molecule has 2 aromatic heterocycles. The van der Waals surface area contributed by atoms with Crippen molar-refractivity contribution in [2.24, 2.45) is 0 Å². The van der Waals surface area contributed by atoms with Crippen LogP contribution >= 0.6 is 11.3 Å². The molecule has 21 heavy (non-hydrogen) atoms. The maximum Gasteiger partial charge on any atom is 0.116 e. The van der Waals surface area contributed by atoms with Gasteiger partial charge in [-0.15, -0.1) is 11.3 Å². The molecule has 0 spiro atoms. The fourth-order valence-corrected chi connectivity index (χ4v) is 3.30. The Balaban J connectivity index is 1.79. The number of benzene rings is 2. The summed E-state index contributed by atoms with van der Waals surface area (Å²) in [5.41, 5.74) is 5.60. The summed E-state index contributed by atoms with van der Waals surface area (Å²) in [6.07, 6.45) is 1.63. The van der Waals surface area contributed by atoms with E-state index in [1.54, 1.807) is 17.7 Å². The smallest absolute Gasteiger partial charge is 0.116 e. The van der Waals surface area contributed by atoms with Gasteiger partial charge in [-0.3, -0.25) is 0 Å². The lowest BCUT2D eigenvalue weighted by Gasteiger charge is -2.05. The second kappa shape index (κ2) is 5.11. The molecule has 0 saturated heterocycles. The zero-order chi connectivity index (χ0) is 14.1. The monoisotopic (exact) mass is 288 g/mol. The van der Waals surface area contributed by atoms with E-state index in [4.69, 9.17) is 0 Å². The first kappa shape index (κ1) is 12.2. The second-order valence-electron chi connectivity index (χ2n) is 4.80. The molecule has 0 fully saturated rings. The molecule has 0 amide bonds. The van der Waals surface area contributed by atoms with Gasteiger partial charge in [0, 0.05) is 5.56 Å². The Morgan fingerprint density at radius 3 is 2.19 bits per heavy atom. The molecule has 0 unspecified atom stereocenters. The van der Waals surface area contributed by atoms with E-state index in [0.717, 1.165) is 21.5 Å². The number of aromatic nitrogens is 2. The molecule has 4 rings (SSSR count). The van der Waals surface area contributed by atoms with Crippen molar-refractivity contribution in [1.82, 2.24) is 9.97 Å². The van der Waals surface area contributed by atoms with Crippen molar-refractivity contribution in [3.63, 3.8) is 0 Å². The predicted octanol–water partition coefficient (Wildman–Crippen LogP) is 5.03. The van der Waals surface area contributed by atoms with E-state index >= 15 is 0 Å². The van der Waals surface area contributed by atoms with Gasteiger partial charge in [-0.1, -0.05) is 54.6 Å². The Morgan fingerprint density at radius 1 is 0.667 bits per heavy atom. The van der Waals surface area contributed by atoms with E-state index in [1.165, 1.54) is 11.1 Å². The summed E-state index contributed by atoms with van der Waals surface area (Å²) in [6, 6.07) is 21.0. The molecule has 0 atom stereocenters. The maximum absolute atomic E-state index is 4.45. The molecule has 0 bridgehead atoms. The molecule has 0 aliphatic heterocycles. The summed E-state index contributed by atoms with van der Waals surface area (Å²) in [6.45, 7) is 0. The van der Waals surface area contributed by atoms with E-state index < -0.39 is 0 Å². The first-order chi connectivity index (χ1) is 10.4. The highest BCUT2D eigenvalue weighted by molar-refractivity contribution is 7.17. The van der Waals surface area contributed by atoms with Gasteiger partial charge in [0.15, 0.2) is 0 Å². The zero-order valence-corrected chi connectivity index (χ0v) is 12.0. The molecule has 0 N–H and O–H groups in total. The number of hydrogen-bond acceptors (Lipinski definition) is 3. The van der Waals surface area contributed by atoms with Crippen molar-refractivity contribution >= 4 is 21.6 Å². The van der Waals surface area contributed by atoms with Crippen LogP contribution in [-0.4, -0.2) is 9.97 Å². The molecule has 0 radical (unpaired) electrons. The summed E-state index contributed by atoms with van der Waals surface area (Å²) in [4.78, 5) is 8.74. The summed E-state index contributed by atoms with van der Waals surface area (Å²) < 4.78 is 1.14. The van der Waals surface area contributed by atoms with E-state index in [9.17, 15) is 0 Å². The van der Waals surface area contributed by atoms with E-state index in [-0.39, 0.29) is 0 Å². The number of hydrogen-bond donors (Lipinski definition) is 0. The number of rotatable bonds is 2. The Morgan fingerprint density at radius 2 is 1.38 bits per heavy atom. The van der Waals surface area contributed by atoms with Crippen LogP contribution in [0.5, 0.6) is 0 Å². The average molecular weight is 288 g/mol. The normalized spacial score (nSPS) is 10.9. The molecule has 2 aromatic carbocycles. The van der Waals surface area contributed by atoms with Gasteiger partial charge >= 0.3 is 0 Å². The summed E-state index contributed by atoms with van der Waals surface area (Å²) in [5.74, 6) is 0. The van der Waals surface area contributed by atoms with Crippen LogP contribution < -0.4 is 0 Å². The largest absolute Gasteiger partial charge is 0.235 e. The van der Waals surface area contributed by atoms with Gasteiger partial charge in [0.1, 0.15) is 6.33 Å². The van der Waals surface area contributed by atoms with Crippen molar-refractivity contribution < 1.29 is 0 Å². The van der Waals surface area contributed by atoms with Crippen LogP contribution in [0.2, 0.25) is 0 Å². The van der Waals surface area contributed by atoms with Crippen LogP contribution in [-0.2, 0) is 0 Å². The molecule has 0 aliphatic rings. The highest BCUT2D eigenvalue weighted by atomic mass is 32.1. The molecule has 0 saturated carbocycles. The van der Waals surface area contributed by atoms with Gasteiger partial charge in [-0.2, -0.15) is 0 Å². The standard InChI is InChI=1S/C18H12N2S/c1-2-4-13(5-3-1)14-6-8-15(9-7-14)17-18-16(10-11-21-18)19-12-20-17/h1-12H. The van der Waals surface area contributed by atoms with Crippen LogP contribution in [0.1, 0.15) is 0 Å². The molecular formula is C18H12N2S. The minimum Gasteiger partial charge on any atom is -0.235 e. The Hall–Kier alpha value is -2.52. The minimum atomic E-state index is 1.01. The third-order valence-electron chi connectivity index (χ3n) is 3.51. The number of thiophene rings is 1. The van der Waals surface area contributed by atoms with Crippen molar-refractivity contribution in [2.75, 3.05) is 0 Å². The van der Waals surface area contributed by atoms with Crippen molar-refractivity contribution in [3.8, 4) is 22.4 Å². The Kier molecular flexibility index (Phi) is 2.98. The van der Waals surface area contributed by atoms with Gasteiger partial charge in [-0.05, 0) is 22.6 Å². The molecule has 2 heterocycles. The van der Waals surface area contributed by atoms with Crippen molar-refractivity contribution in [2.45, 2.75) is 0 Å². The third kappa shape index (κ3) is 2.22. The topological polar surface area (TPSA) is 25.8 Å².